The Hall–Kier alpha value is -2.01. The minimum Gasteiger partial charge on any atom is -0.298 e. The van der Waals surface area contributed by atoms with Crippen LogP contribution < -0.4 is 5.32 Å². The molecule has 4 nitrogen and oxygen atoms in total. The van der Waals surface area contributed by atoms with Crippen molar-refractivity contribution in [3.63, 3.8) is 0 Å². The van der Waals surface area contributed by atoms with E-state index in [1.165, 1.54) is 18.3 Å². The highest BCUT2D eigenvalue weighted by molar-refractivity contribution is 7.14. The molecule has 0 radical (unpaired) electrons. The van der Waals surface area contributed by atoms with Crippen molar-refractivity contribution in [2.75, 3.05) is 5.32 Å². The lowest BCUT2D eigenvalue weighted by molar-refractivity contribution is 0.100. The van der Waals surface area contributed by atoms with Crippen LogP contribution in [0.25, 0.3) is 0 Å². The van der Waals surface area contributed by atoms with Gasteiger partial charge in [0.2, 0.25) is 0 Å². The number of thiazole rings is 1. The Morgan fingerprint density at radius 2 is 1.94 bits per heavy atom. The molecule has 0 fully saturated rings. The van der Waals surface area contributed by atoms with E-state index < -0.39 is 0 Å². The minimum absolute atomic E-state index is 0.110. The second-order valence-electron chi connectivity index (χ2n) is 3.41. The number of hydrogen-bond donors (Lipinski definition) is 1. The van der Waals surface area contributed by atoms with E-state index in [9.17, 15) is 9.59 Å². The molecule has 0 saturated heterocycles. The van der Waals surface area contributed by atoms with Gasteiger partial charge in [-0.1, -0.05) is 18.2 Å². The van der Waals surface area contributed by atoms with E-state index in [-0.39, 0.29) is 11.7 Å². The zero-order valence-corrected chi connectivity index (χ0v) is 9.95. The van der Waals surface area contributed by atoms with Crippen molar-refractivity contribution in [2.45, 2.75) is 6.92 Å². The summed E-state index contributed by atoms with van der Waals surface area (Å²) < 4.78 is 0. The number of nitrogens with one attached hydrogen (secondary N) is 1. The maximum absolute atomic E-state index is 11.8. The number of carbonyl (C=O) groups is 2. The Kier molecular flexibility index (Phi) is 3.30. The predicted octanol–water partition coefficient (Wildman–Crippen LogP) is 2.60. The van der Waals surface area contributed by atoms with Gasteiger partial charge in [-0.25, -0.2) is 4.98 Å². The number of anilines is 1. The van der Waals surface area contributed by atoms with Crippen LogP contribution in [-0.4, -0.2) is 16.7 Å². The van der Waals surface area contributed by atoms with E-state index in [4.69, 9.17) is 0 Å². The number of amides is 1. The lowest BCUT2D eigenvalue weighted by atomic mass is 10.2. The van der Waals surface area contributed by atoms with Crippen LogP contribution in [0.4, 0.5) is 5.13 Å². The van der Waals surface area contributed by atoms with Crippen molar-refractivity contribution in [3.8, 4) is 0 Å². The smallest absolute Gasteiger partial charge is 0.257 e. The molecule has 1 heterocycles. The summed E-state index contributed by atoms with van der Waals surface area (Å²) in [7, 11) is 0. The van der Waals surface area contributed by atoms with Gasteiger partial charge in [0.1, 0.15) is 5.69 Å². The van der Waals surface area contributed by atoms with Crippen molar-refractivity contribution < 1.29 is 9.59 Å². The zero-order chi connectivity index (χ0) is 12.3. The quantitative estimate of drug-likeness (QED) is 0.847. The first-order valence-electron chi connectivity index (χ1n) is 4.99. The van der Waals surface area contributed by atoms with Crippen LogP contribution in [0.1, 0.15) is 27.8 Å². The van der Waals surface area contributed by atoms with Gasteiger partial charge in [0.05, 0.1) is 0 Å². The molecule has 0 spiro atoms. The molecule has 0 aliphatic carbocycles. The fourth-order valence-electron chi connectivity index (χ4n) is 1.25. The van der Waals surface area contributed by atoms with E-state index in [1.54, 1.807) is 29.6 Å². The van der Waals surface area contributed by atoms with Crippen molar-refractivity contribution in [3.05, 3.63) is 47.0 Å². The molecule has 0 aliphatic heterocycles. The van der Waals surface area contributed by atoms with E-state index in [1.807, 2.05) is 6.07 Å². The fraction of sp³-hybridized carbons (Fsp3) is 0.0833. The van der Waals surface area contributed by atoms with Gasteiger partial charge in [0.25, 0.3) is 5.91 Å². The average Bonchev–Trinajstić information content (AvgIpc) is 2.79. The molecule has 17 heavy (non-hydrogen) atoms. The maximum Gasteiger partial charge on any atom is 0.257 e. The highest BCUT2D eigenvalue weighted by atomic mass is 32.1. The molecule has 1 aromatic carbocycles. The first-order valence-corrected chi connectivity index (χ1v) is 5.87. The highest BCUT2D eigenvalue weighted by Gasteiger charge is 2.10. The Bertz CT molecular complexity index is 549. The van der Waals surface area contributed by atoms with Crippen molar-refractivity contribution in [2.24, 2.45) is 0 Å². The molecule has 0 bridgehead atoms. The first kappa shape index (κ1) is 11.5. The molecule has 1 amide bonds. The number of carbonyl (C=O) groups excluding carboxylic acids is 2. The van der Waals surface area contributed by atoms with Crippen LogP contribution in [-0.2, 0) is 0 Å². The summed E-state index contributed by atoms with van der Waals surface area (Å²) in [6.07, 6.45) is 0. The molecule has 2 rings (SSSR count). The SMILES string of the molecule is CC(=O)c1csc(NC(=O)c2ccccc2)n1. The molecule has 0 aliphatic rings. The third kappa shape index (κ3) is 2.76. The molecule has 0 saturated carbocycles. The largest absolute Gasteiger partial charge is 0.298 e. The zero-order valence-electron chi connectivity index (χ0n) is 9.14. The Morgan fingerprint density at radius 3 is 2.53 bits per heavy atom. The second kappa shape index (κ2) is 4.88. The van der Waals surface area contributed by atoms with Crippen LogP contribution in [0.3, 0.4) is 0 Å². The van der Waals surface area contributed by atoms with Crippen molar-refractivity contribution in [1.29, 1.82) is 0 Å². The molecule has 86 valence electrons. The van der Waals surface area contributed by atoms with Crippen LogP contribution >= 0.6 is 11.3 Å². The standard InChI is InChI=1S/C12H10N2O2S/c1-8(15)10-7-17-12(13-10)14-11(16)9-5-3-2-4-6-9/h2-7H,1H3,(H,13,14,16). The number of benzene rings is 1. The highest BCUT2D eigenvalue weighted by Crippen LogP contribution is 2.16. The van der Waals surface area contributed by atoms with Crippen LogP contribution in [0, 0.1) is 0 Å². The van der Waals surface area contributed by atoms with Gasteiger partial charge in [0, 0.05) is 17.9 Å². The molecule has 2 aromatic rings. The average molecular weight is 246 g/mol. The Balaban J connectivity index is 2.11. The summed E-state index contributed by atoms with van der Waals surface area (Å²) in [4.78, 5) is 26.8. The number of Topliss-reactive ketones (excluding diaryl/α,β-unsaturated/α-hetero) is 1. The third-order valence-corrected chi connectivity index (χ3v) is 2.88. The van der Waals surface area contributed by atoms with E-state index >= 15 is 0 Å². The predicted molar refractivity (Wildman–Crippen MR) is 66.5 cm³/mol. The monoisotopic (exact) mass is 246 g/mol. The second-order valence-corrected chi connectivity index (χ2v) is 4.27. The minimum atomic E-state index is -0.227. The summed E-state index contributed by atoms with van der Waals surface area (Å²) in [6, 6.07) is 8.85. The Labute approximate surface area is 102 Å². The first-order chi connectivity index (χ1) is 8.16. The normalized spacial score (nSPS) is 9.94. The number of hydrogen-bond acceptors (Lipinski definition) is 4. The van der Waals surface area contributed by atoms with Gasteiger partial charge in [-0.2, -0.15) is 0 Å². The molecule has 0 unspecified atom stereocenters. The van der Waals surface area contributed by atoms with Crippen LogP contribution in [0.2, 0.25) is 0 Å². The van der Waals surface area contributed by atoms with Crippen molar-refractivity contribution >= 4 is 28.2 Å². The van der Waals surface area contributed by atoms with E-state index in [2.05, 4.69) is 10.3 Å². The van der Waals surface area contributed by atoms with Gasteiger partial charge in [-0.05, 0) is 12.1 Å². The summed E-state index contributed by atoms with van der Waals surface area (Å²) >= 11 is 1.24. The maximum atomic E-state index is 11.8. The number of aromatic nitrogens is 1. The van der Waals surface area contributed by atoms with Gasteiger partial charge < -0.3 is 0 Å². The molecule has 1 N–H and O–H groups in total. The lowest BCUT2D eigenvalue weighted by Gasteiger charge is -2.00. The van der Waals surface area contributed by atoms with Gasteiger partial charge >= 0.3 is 0 Å². The van der Waals surface area contributed by atoms with E-state index in [0.29, 0.717) is 16.4 Å². The fourth-order valence-corrected chi connectivity index (χ4v) is 2.00. The third-order valence-electron chi connectivity index (χ3n) is 2.12. The molecular formula is C12H10N2O2S. The molecule has 1 aromatic heterocycles. The Morgan fingerprint density at radius 1 is 1.24 bits per heavy atom. The molecular weight excluding hydrogens is 236 g/mol. The van der Waals surface area contributed by atoms with Gasteiger partial charge in [-0.3, -0.25) is 14.9 Å². The topological polar surface area (TPSA) is 59.1 Å². The van der Waals surface area contributed by atoms with Crippen molar-refractivity contribution in [1.82, 2.24) is 4.98 Å². The number of rotatable bonds is 3. The van der Waals surface area contributed by atoms with Gasteiger partial charge in [0.15, 0.2) is 10.9 Å². The lowest BCUT2D eigenvalue weighted by Crippen LogP contribution is -2.11. The summed E-state index contributed by atoms with van der Waals surface area (Å²) in [5.74, 6) is -0.337. The molecule has 0 atom stereocenters. The summed E-state index contributed by atoms with van der Waals surface area (Å²) in [6.45, 7) is 1.44. The van der Waals surface area contributed by atoms with Crippen LogP contribution in [0.15, 0.2) is 35.7 Å². The molecule has 5 heteroatoms. The van der Waals surface area contributed by atoms with E-state index in [0.717, 1.165) is 0 Å². The van der Waals surface area contributed by atoms with Crippen LogP contribution in [0.5, 0.6) is 0 Å². The summed E-state index contributed by atoms with van der Waals surface area (Å²) in [5, 5.41) is 4.71. The summed E-state index contributed by atoms with van der Waals surface area (Å²) in [5.41, 5.74) is 0.936. The number of ketones is 1. The van der Waals surface area contributed by atoms with Gasteiger partial charge in [-0.15, -0.1) is 11.3 Å². The number of nitrogens with zero attached hydrogens (tertiary/aromatic N) is 1.